The molecule has 1 saturated heterocycles. The first kappa shape index (κ1) is 18.9. The van der Waals surface area contributed by atoms with E-state index in [9.17, 15) is 0 Å². The Morgan fingerprint density at radius 1 is 1.12 bits per heavy atom. The van der Waals surface area contributed by atoms with Gasteiger partial charge in [-0.2, -0.15) is 0 Å². The van der Waals surface area contributed by atoms with Gasteiger partial charge in [-0.3, -0.25) is 0 Å². The molecule has 0 unspecified atom stereocenters. The number of thioether (sulfide) groups is 1. The summed E-state index contributed by atoms with van der Waals surface area (Å²) in [4.78, 5) is 6.00. The molecule has 26 heavy (non-hydrogen) atoms. The highest BCUT2D eigenvalue weighted by molar-refractivity contribution is 7.98. The Labute approximate surface area is 165 Å². The molecule has 2 aromatic rings. The van der Waals surface area contributed by atoms with Crippen LogP contribution >= 0.6 is 24.0 Å². The zero-order chi connectivity index (χ0) is 18.5. The van der Waals surface area contributed by atoms with Gasteiger partial charge < -0.3 is 19.9 Å². The maximum Gasteiger partial charge on any atom is 0.173 e. The number of thiocarbonyl (C=S) groups is 1. The number of piperazine rings is 1. The molecule has 0 atom stereocenters. The van der Waals surface area contributed by atoms with E-state index in [2.05, 4.69) is 58.6 Å². The van der Waals surface area contributed by atoms with E-state index in [0.717, 1.165) is 42.7 Å². The van der Waals surface area contributed by atoms with Gasteiger partial charge in [-0.05, 0) is 55.2 Å². The van der Waals surface area contributed by atoms with Gasteiger partial charge in [0.05, 0.1) is 18.5 Å². The summed E-state index contributed by atoms with van der Waals surface area (Å²) in [6.07, 6.45) is 2.13. The van der Waals surface area contributed by atoms with Crippen LogP contribution in [0.3, 0.4) is 0 Å². The molecule has 0 bridgehead atoms. The van der Waals surface area contributed by atoms with Crippen molar-refractivity contribution in [2.24, 2.45) is 0 Å². The number of methoxy groups -OCH3 is 1. The van der Waals surface area contributed by atoms with E-state index >= 15 is 0 Å². The topological polar surface area (TPSA) is 27.7 Å². The lowest BCUT2D eigenvalue weighted by atomic mass is 10.2. The molecule has 1 fully saturated rings. The lowest BCUT2D eigenvalue weighted by molar-refractivity contribution is 0.389. The number of benzene rings is 2. The molecule has 3 rings (SSSR count). The van der Waals surface area contributed by atoms with Gasteiger partial charge in [0.2, 0.25) is 0 Å². The van der Waals surface area contributed by atoms with Crippen molar-refractivity contribution >= 4 is 40.5 Å². The van der Waals surface area contributed by atoms with E-state index in [4.69, 9.17) is 17.0 Å². The van der Waals surface area contributed by atoms with Crippen molar-refractivity contribution in [3.63, 3.8) is 0 Å². The third-order valence-corrected chi connectivity index (χ3v) is 5.73. The van der Waals surface area contributed by atoms with Crippen LogP contribution in [0, 0.1) is 6.92 Å². The zero-order valence-electron chi connectivity index (χ0n) is 15.5. The van der Waals surface area contributed by atoms with Gasteiger partial charge in [-0.1, -0.05) is 18.2 Å². The predicted molar refractivity (Wildman–Crippen MR) is 116 cm³/mol. The Morgan fingerprint density at radius 2 is 1.85 bits per heavy atom. The fourth-order valence-electron chi connectivity index (χ4n) is 3.16. The van der Waals surface area contributed by atoms with Gasteiger partial charge in [-0.25, -0.2) is 0 Å². The maximum atomic E-state index is 5.65. The first-order valence-corrected chi connectivity index (χ1v) is 10.3. The number of aryl methyl sites for hydroxylation is 1. The van der Waals surface area contributed by atoms with Crippen LogP contribution in [0.25, 0.3) is 0 Å². The van der Waals surface area contributed by atoms with Gasteiger partial charge in [0, 0.05) is 31.1 Å². The summed E-state index contributed by atoms with van der Waals surface area (Å²) in [7, 11) is 1.68. The molecule has 4 nitrogen and oxygen atoms in total. The van der Waals surface area contributed by atoms with Crippen molar-refractivity contribution in [1.82, 2.24) is 4.90 Å². The second kappa shape index (κ2) is 8.64. The molecular weight excluding hydrogens is 362 g/mol. The third-order valence-electron chi connectivity index (χ3n) is 4.59. The number of hydrogen-bond donors (Lipinski definition) is 1. The molecule has 0 saturated carbocycles. The monoisotopic (exact) mass is 387 g/mol. The van der Waals surface area contributed by atoms with Crippen LogP contribution in [0.15, 0.2) is 47.4 Å². The first-order chi connectivity index (χ1) is 12.6. The molecule has 6 heteroatoms. The summed E-state index contributed by atoms with van der Waals surface area (Å²) in [5.74, 6) is 0.811. The molecule has 1 aliphatic heterocycles. The minimum Gasteiger partial charge on any atom is -0.495 e. The Hall–Kier alpha value is -1.92. The van der Waals surface area contributed by atoms with Crippen molar-refractivity contribution in [2.75, 3.05) is 49.8 Å². The number of hydrogen-bond acceptors (Lipinski definition) is 4. The molecule has 138 valence electrons. The normalized spacial score (nSPS) is 14.3. The molecule has 0 amide bonds. The van der Waals surface area contributed by atoms with Gasteiger partial charge in [-0.15, -0.1) is 11.8 Å². The van der Waals surface area contributed by atoms with Crippen LogP contribution in [0.4, 0.5) is 11.4 Å². The zero-order valence-corrected chi connectivity index (χ0v) is 17.1. The molecule has 1 N–H and O–H groups in total. The van der Waals surface area contributed by atoms with Crippen molar-refractivity contribution in [3.8, 4) is 5.75 Å². The van der Waals surface area contributed by atoms with E-state index in [-0.39, 0.29) is 0 Å². The lowest BCUT2D eigenvalue weighted by Crippen LogP contribution is -2.50. The first-order valence-electron chi connectivity index (χ1n) is 8.71. The fraction of sp³-hybridized carbons (Fsp3) is 0.350. The minimum atomic E-state index is 0.756. The van der Waals surface area contributed by atoms with Crippen LogP contribution in [-0.2, 0) is 0 Å². The van der Waals surface area contributed by atoms with Gasteiger partial charge in [0.15, 0.2) is 5.11 Å². The molecule has 0 radical (unpaired) electrons. The molecule has 0 aromatic heterocycles. The quantitative estimate of drug-likeness (QED) is 0.623. The molecule has 0 aliphatic carbocycles. The summed E-state index contributed by atoms with van der Waals surface area (Å²) in [5.41, 5.74) is 3.42. The van der Waals surface area contributed by atoms with Crippen molar-refractivity contribution < 1.29 is 4.74 Å². The van der Waals surface area contributed by atoms with Gasteiger partial charge in [0.1, 0.15) is 5.75 Å². The van der Waals surface area contributed by atoms with Crippen molar-refractivity contribution in [2.45, 2.75) is 11.8 Å². The summed E-state index contributed by atoms with van der Waals surface area (Å²) in [6, 6.07) is 14.7. The summed E-state index contributed by atoms with van der Waals surface area (Å²) in [6.45, 7) is 5.80. The highest BCUT2D eigenvalue weighted by Gasteiger charge is 2.21. The summed E-state index contributed by atoms with van der Waals surface area (Å²) in [5, 5.41) is 4.12. The van der Waals surface area contributed by atoms with Crippen LogP contribution in [0.2, 0.25) is 0 Å². The Kier molecular flexibility index (Phi) is 6.27. The Morgan fingerprint density at radius 3 is 2.54 bits per heavy atom. The van der Waals surface area contributed by atoms with E-state index in [1.807, 2.05) is 12.1 Å². The summed E-state index contributed by atoms with van der Waals surface area (Å²) >= 11 is 7.44. The van der Waals surface area contributed by atoms with E-state index < -0.39 is 0 Å². The molecule has 1 heterocycles. The number of nitrogens with zero attached hydrogens (tertiary/aromatic N) is 2. The number of anilines is 2. The SMILES string of the molecule is COc1ccc(C)cc1NC(=S)N1CCN(c2ccccc2SC)CC1. The van der Waals surface area contributed by atoms with Crippen molar-refractivity contribution in [3.05, 3.63) is 48.0 Å². The minimum absolute atomic E-state index is 0.756. The molecule has 0 spiro atoms. The van der Waals surface area contributed by atoms with Crippen LogP contribution in [-0.4, -0.2) is 49.6 Å². The van der Waals surface area contributed by atoms with E-state index in [1.54, 1.807) is 18.9 Å². The summed E-state index contributed by atoms with van der Waals surface area (Å²) < 4.78 is 5.44. The van der Waals surface area contributed by atoms with Crippen LogP contribution in [0.5, 0.6) is 5.75 Å². The molecular formula is C20H25N3OS2. The largest absolute Gasteiger partial charge is 0.495 e. The standard InChI is InChI=1S/C20H25N3OS2/c1-15-8-9-18(24-2)16(14-15)21-20(25)23-12-10-22(11-13-23)17-6-4-5-7-19(17)26-3/h4-9,14H,10-13H2,1-3H3,(H,21,25). The highest BCUT2D eigenvalue weighted by Crippen LogP contribution is 2.29. The number of ether oxygens (including phenoxy) is 1. The number of rotatable bonds is 4. The number of nitrogens with one attached hydrogen (secondary N) is 1. The average Bonchev–Trinajstić information content (AvgIpc) is 2.68. The average molecular weight is 388 g/mol. The third kappa shape index (κ3) is 4.24. The Balaban J connectivity index is 1.63. The van der Waals surface area contributed by atoms with Crippen molar-refractivity contribution in [1.29, 1.82) is 0 Å². The highest BCUT2D eigenvalue weighted by atomic mass is 32.2. The van der Waals surface area contributed by atoms with Crippen LogP contribution in [0.1, 0.15) is 5.56 Å². The Bertz CT molecular complexity index is 773. The number of para-hydroxylation sites is 1. The second-order valence-corrected chi connectivity index (χ2v) is 7.51. The maximum absolute atomic E-state index is 5.65. The van der Waals surface area contributed by atoms with Gasteiger partial charge in [0.25, 0.3) is 0 Å². The predicted octanol–water partition coefficient (Wildman–Crippen LogP) is 4.24. The molecule has 2 aromatic carbocycles. The fourth-order valence-corrected chi connectivity index (χ4v) is 4.07. The molecule has 1 aliphatic rings. The smallest absolute Gasteiger partial charge is 0.173 e. The van der Waals surface area contributed by atoms with Crippen LogP contribution < -0.4 is 15.0 Å². The second-order valence-electron chi connectivity index (χ2n) is 6.28. The van der Waals surface area contributed by atoms with Gasteiger partial charge >= 0.3 is 0 Å². The van der Waals surface area contributed by atoms with E-state index in [0.29, 0.717) is 0 Å². The lowest BCUT2D eigenvalue weighted by Gasteiger charge is -2.38. The van der Waals surface area contributed by atoms with E-state index in [1.165, 1.54) is 16.1 Å².